The summed E-state index contributed by atoms with van der Waals surface area (Å²) in [5.74, 6) is 0.446. The Morgan fingerprint density at radius 2 is 1.89 bits per heavy atom. The smallest absolute Gasteiger partial charge is 0.331 e. The molecule has 5 rings (SSSR count). The molecule has 1 aliphatic heterocycles. The lowest BCUT2D eigenvalue weighted by Gasteiger charge is -2.62. The van der Waals surface area contributed by atoms with E-state index in [0.29, 0.717) is 19.4 Å². The lowest BCUT2D eigenvalue weighted by atomic mass is 9.44. The van der Waals surface area contributed by atoms with Crippen LogP contribution in [0.5, 0.6) is 0 Å². The monoisotopic (exact) mass is 386 g/mol. The zero-order chi connectivity index (χ0) is 19.7. The molecule has 2 N–H and O–H groups in total. The number of carbonyl (C=O) groups excluding carboxylic acids is 2. The quantitative estimate of drug-likeness (QED) is 0.713. The molecule has 0 saturated heterocycles. The summed E-state index contributed by atoms with van der Waals surface area (Å²) < 4.78 is 5.17. The van der Waals surface area contributed by atoms with Gasteiger partial charge < -0.3 is 14.9 Å². The van der Waals surface area contributed by atoms with Crippen LogP contribution in [0, 0.1) is 28.6 Å². The van der Waals surface area contributed by atoms with Crippen molar-refractivity contribution in [2.24, 2.45) is 28.6 Å². The summed E-state index contributed by atoms with van der Waals surface area (Å²) in [5.41, 5.74) is 0.765. The van der Waals surface area contributed by atoms with E-state index in [-0.39, 0.29) is 46.9 Å². The van der Waals surface area contributed by atoms with E-state index in [1.807, 2.05) is 0 Å². The van der Waals surface area contributed by atoms with Gasteiger partial charge in [0.25, 0.3) is 0 Å². The fourth-order valence-corrected chi connectivity index (χ4v) is 7.82. The highest BCUT2D eigenvalue weighted by Crippen LogP contribution is 2.69. The molecule has 3 fully saturated rings. The predicted molar refractivity (Wildman–Crippen MR) is 102 cm³/mol. The molecule has 4 aliphatic carbocycles. The zero-order valence-corrected chi connectivity index (χ0v) is 16.6. The molecule has 0 radical (unpaired) electrons. The SMILES string of the molecule is C[C@]12CC[C@@H]3[C@H](CCC4=CC(=O)CC[C@@]43CO)[C@@]1(O)CC[C@H]2C1=CC(=O)OC1. The number of ketones is 1. The lowest BCUT2D eigenvalue weighted by Crippen LogP contribution is -2.62. The Hall–Kier alpha value is -1.46. The first-order valence-corrected chi connectivity index (χ1v) is 10.8. The Morgan fingerprint density at radius 1 is 1.07 bits per heavy atom. The van der Waals surface area contributed by atoms with Gasteiger partial charge in [0.1, 0.15) is 6.61 Å². The van der Waals surface area contributed by atoms with Gasteiger partial charge in [-0.1, -0.05) is 12.5 Å². The minimum absolute atomic E-state index is 0.0665. The topological polar surface area (TPSA) is 83.8 Å². The lowest BCUT2D eigenvalue weighted by molar-refractivity contribution is -0.187. The van der Waals surface area contributed by atoms with Gasteiger partial charge in [-0.2, -0.15) is 0 Å². The predicted octanol–water partition coefficient (Wildman–Crippen LogP) is 2.71. The van der Waals surface area contributed by atoms with Crippen molar-refractivity contribution in [3.05, 3.63) is 23.3 Å². The van der Waals surface area contributed by atoms with Crippen molar-refractivity contribution in [1.29, 1.82) is 0 Å². The molecule has 3 saturated carbocycles. The average molecular weight is 386 g/mol. The van der Waals surface area contributed by atoms with Crippen LogP contribution in [-0.2, 0) is 14.3 Å². The largest absolute Gasteiger partial charge is 0.458 e. The van der Waals surface area contributed by atoms with E-state index in [0.717, 1.165) is 49.7 Å². The van der Waals surface area contributed by atoms with Crippen molar-refractivity contribution in [2.75, 3.05) is 13.2 Å². The summed E-state index contributed by atoms with van der Waals surface area (Å²) in [4.78, 5) is 23.6. The number of aliphatic hydroxyl groups is 2. The molecule has 28 heavy (non-hydrogen) atoms. The first-order valence-electron chi connectivity index (χ1n) is 10.8. The number of hydrogen-bond donors (Lipinski definition) is 2. The third-order valence-electron chi connectivity index (χ3n) is 9.29. The van der Waals surface area contributed by atoms with Gasteiger partial charge in [-0.25, -0.2) is 4.79 Å². The van der Waals surface area contributed by atoms with E-state index < -0.39 is 5.60 Å². The van der Waals surface area contributed by atoms with Crippen LogP contribution in [-0.4, -0.2) is 40.8 Å². The maximum Gasteiger partial charge on any atom is 0.331 e. The van der Waals surface area contributed by atoms with Gasteiger partial charge in [-0.15, -0.1) is 0 Å². The molecule has 0 bridgehead atoms. The van der Waals surface area contributed by atoms with Gasteiger partial charge in [0.15, 0.2) is 5.78 Å². The molecule has 0 aromatic carbocycles. The number of aliphatic hydroxyl groups excluding tert-OH is 1. The van der Waals surface area contributed by atoms with Crippen molar-refractivity contribution >= 4 is 11.8 Å². The number of carbonyl (C=O) groups is 2. The standard InChI is InChI=1S/C23H30O5/c1-21-7-5-18-19(3-2-15-11-16(25)4-8-22(15,18)13-24)23(21,27)9-6-17(21)14-10-20(26)28-12-14/h10-11,17-19,24,27H,2-9,12-13H2,1H3/t17-,18+,19-,21+,22+,23-/m0/s1. The second-order valence-electron chi connectivity index (χ2n) is 10.0. The summed E-state index contributed by atoms with van der Waals surface area (Å²) in [6, 6.07) is 0. The Bertz CT molecular complexity index is 797. The van der Waals surface area contributed by atoms with E-state index in [9.17, 15) is 19.8 Å². The molecule has 152 valence electrons. The Balaban J connectivity index is 1.52. The highest BCUT2D eigenvalue weighted by atomic mass is 16.5. The van der Waals surface area contributed by atoms with Crippen LogP contribution < -0.4 is 0 Å². The van der Waals surface area contributed by atoms with E-state index in [1.54, 1.807) is 12.2 Å². The van der Waals surface area contributed by atoms with Gasteiger partial charge in [0.2, 0.25) is 0 Å². The normalized spacial score (nSPS) is 47.6. The van der Waals surface area contributed by atoms with Crippen molar-refractivity contribution < 1.29 is 24.5 Å². The van der Waals surface area contributed by atoms with Crippen LogP contribution in [0.15, 0.2) is 23.3 Å². The van der Waals surface area contributed by atoms with E-state index in [2.05, 4.69) is 6.92 Å². The second kappa shape index (κ2) is 6.02. The summed E-state index contributed by atoms with van der Waals surface area (Å²) >= 11 is 0. The minimum atomic E-state index is -0.789. The van der Waals surface area contributed by atoms with Crippen molar-refractivity contribution in [3.63, 3.8) is 0 Å². The first kappa shape index (κ1) is 18.6. The van der Waals surface area contributed by atoms with Crippen LogP contribution in [0.4, 0.5) is 0 Å². The van der Waals surface area contributed by atoms with Gasteiger partial charge in [0.05, 0.1) is 12.2 Å². The van der Waals surface area contributed by atoms with Crippen LogP contribution in [0.25, 0.3) is 0 Å². The molecule has 5 nitrogen and oxygen atoms in total. The molecule has 1 heterocycles. The highest BCUT2D eigenvalue weighted by Gasteiger charge is 2.67. The first-order chi connectivity index (χ1) is 13.3. The van der Waals surface area contributed by atoms with Crippen LogP contribution in [0.3, 0.4) is 0 Å². The van der Waals surface area contributed by atoms with E-state index >= 15 is 0 Å². The van der Waals surface area contributed by atoms with Crippen LogP contribution in [0.2, 0.25) is 0 Å². The van der Waals surface area contributed by atoms with E-state index in [1.165, 1.54) is 0 Å². The maximum absolute atomic E-state index is 12.1. The molecular weight excluding hydrogens is 356 g/mol. The molecular formula is C23H30O5. The molecule has 0 spiro atoms. The number of ether oxygens (including phenoxy) is 1. The van der Waals surface area contributed by atoms with Crippen molar-refractivity contribution in [1.82, 2.24) is 0 Å². The second-order valence-corrected chi connectivity index (χ2v) is 10.0. The Labute approximate surface area is 165 Å². The number of rotatable bonds is 2. The summed E-state index contributed by atoms with van der Waals surface area (Å²) in [5, 5.41) is 22.5. The molecule has 0 unspecified atom stereocenters. The van der Waals surface area contributed by atoms with Crippen LogP contribution >= 0.6 is 0 Å². The summed E-state index contributed by atoms with van der Waals surface area (Å²) in [6.07, 6.45) is 9.75. The fourth-order valence-electron chi connectivity index (χ4n) is 7.82. The third-order valence-corrected chi connectivity index (χ3v) is 9.29. The molecule has 5 heteroatoms. The average Bonchev–Trinajstić information content (AvgIpc) is 3.22. The highest BCUT2D eigenvalue weighted by molar-refractivity contribution is 5.91. The zero-order valence-electron chi connectivity index (χ0n) is 16.6. The number of cyclic esters (lactones) is 1. The van der Waals surface area contributed by atoms with Crippen molar-refractivity contribution in [3.8, 4) is 0 Å². The molecule has 6 atom stereocenters. The van der Waals surface area contributed by atoms with Gasteiger partial charge in [-0.05, 0) is 74.3 Å². The molecule has 5 aliphatic rings. The number of esters is 1. The Kier molecular flexibility index (Phi) is 3.99. The maximum atomic E-state index is 12.1. The summed E-state index contributed by atoms with van der Waals surface area (Å²) in [6.45, 7) is 2.63. The van der Waals surface area contributed by atoms with Gasteiger partial charge >= 0.3 is 5.97 Å². The van der Waals surface area contributed by atoms with Gasteiger partial charge in [0, 0.05) is 23.3 Å². The Morgan fingerprint density at radius 3 is 2.61 bits per heavy atom. The van der Waals surface area contributed by atoms with E-state index in [4.69, 9.17) is 4.74 Å². The number of hydrogen-bond acceptors (Lipinski definition) is 5. The molecule has 0 aromatic rings. The van der Waals surface area contributed by atoms with Crippen molar-refractivity contribution in [2.45, 2.75) is 63.9 Å². The molecule has 0 aromatic heterocycles. The number of fused-ring (bicyclic) bond motifs is 5. The fraction of sp³-hybridized carbons (Fsp3) is 0.739. The molecule has 0 amide bonds. The van der Waals surface area contributed by atoms with Crippen LogP contribution in [0.1, 0.15) is 58.3 Å². The third kappa shape index (κ3) is 2.20. The summed E-state index contributed by atoms with van der Waals surface area (Å²) in [7, 11) is 0. The minimum Gasteiger partial charge on any atom is -0.458 e. The van der Waals surface area contributed by atoms with Gasteiger partial charge in [-0.3, -0.25) is 4.79 Å².